The van der Waals surface area contributed by atoms with Crippen LogP contribution in [0.15, 0.2) is 12.3 Å². The third kappa shape index (κ3) is 3.45. The van der Waals surface area contributed by atoms with Crippen LogP contribution in [0.25, 0.3) is 0 Å². The van der Waals surface area contributed by atoms with E-state index in [1.165, 1.54) is 12.8 Å². The van der Waals surface area contributed by atoms with E-state index in [9.17, 15) is 4.79 Å². The molecule has 0 saturated heterocycles. The van der Waals surface area contributed by atoms with E-state index in [4.69, 9.17) is 0 Å². The minimum atomic E-state index is 0.342. The Morgan fingerprint density at radius 1 is 1.56 bits per heavy atom. The zero-order chi connectivity index (χ0) is 11.4. The Morgan fingerprint density at radius 3 is 3.00 bits per heavy atom. The summed E-state index contributed by atoms with van der Waals surface area (Å²) < 4.78 is 1.83. The topological polar surface area (TPSA) is 46.9 Å². The molecule has 1 saturated carbocycles. The van der Waals surface area contributed by atoms with Crippen LogP contribution in [0.2, 0.25) is 0 Å². The first-order chi connectivity index (χ1) is 7.75. The average molecular weight is 221 g/mol. The molecule has 4 heteroatoms. The number of carbonyl (C=O) groups is 1. The smallest absolute Gasteiger partial charge is 0.134 e. The molecular weight excluding hydrogens is 202 g/mol. The van der Waals surface area contributed by atoms with Gasteiger partial charge in [0.25, 0.3) is 0 Å². The zero-order valence-corrected chi connectivity index (χ0v) is 9.78. The maximum absolute atomic E-state index is 11.6. The lowest BCUT2D eigenvalue weighted by atomic mass is 10.1. The summed E-state index contributed by atoms with van der Waals surface area (Å²) >= 11 is 0. The lowest BCUT2D eigenvalue weighted by Gasteiger charge is -2.03. The monoisotopic (exact) mass is 221 g/mol. The Balaban J connectivity index is 1.61. The number of hydrogen-bond acceptors (Lipinski definition) is 3. The fraction of sp³-hybridized carbons (Fsp3) is 0.667. The third-order valence-corrected chi connectivity index (χ3v) is 3.00. The molecular formula is C12H19N3O. The van der Waals surface area contributed by atoms with Crippen LogP contribution in [-0.2, 0) is 18.3 Å². The van der Waals surface area contributed by atoms with Crippen LogP contribution in [0.3, 0.4) is 0 Å². The number of aromatic nitrogens is 2. The van der Waals surface area contributed by atoms with Crippen LogP contribution < -0.4 is 5.32 Å². The molecule has 1 aliphatic rings. The van der Waals surface area contributed by atoms with Crippen LogP contribution in [0.5, 0.6) is 0 Å². The van der Waals surface area contributed by atoms with E-state index in [1.807, 2.05) is 17.8 Å². The molecule has 0 amide bonds. The highest BCUT2D eigenvalue weighted by Crippen LogP contribution is 2.18. The predicted molar refractivity (Wildman–Crippen MR) is 62.2 cm³/mol. The van der Waals surface area contributed by atoms with Crippen LogP contribution in [0.1, 0.15) is 31.4 Å². The molecule has 0 radical (unpaired) electrons. The van der Waals surface area contributed by atoms with Gasteiger partial charge in [0.05, 0.1) is 0 Å². The largest absolute Gasteiger partial charge is 0.314 e. The van der Waals surface area contributed by atoms with E-state index in [0.29, 0.717) is 24.7 Å². The summed E-state index contributed by atoms with van der Waals surface area (Å²) in [6.45, 7) is 0.842. The molecule has 1 heterocycles. The van der Waals surface area contributed by atoms with Crippen molar-refractivity contribution in [3.05, 3.63) is 18.0 Å². The molecule has 0 aliphatic heterocycles. The van der Waals surface area contributed by atoms with Gasteiger partial charge in [0, 0.05) is 44.4 Å². The summed E-state index contributed by atoms with van der Waals surface area (Å²) in [5.41, 5.74) is 1.13. The molecule has 0 aromatic carbocycles. The molecule has 16 heavy (non-hydrogen) atoms. The first kappa shape index (κ1) is 11.3. The highest BCUT2D eigenvalue weighted by Gasteiger charge is 2.19. The van der Waals surface area contributed by atoms with Crippen LogP contribution in [0.4, 0.5) is 0 Å². The van der Waals surface area contributed by atoms with Gasteiger partial charge in [-0.05, 0) is 25.3 Å². The van der Waals surface area contributed by atoms with Crippen molar-refractivity contribution in [1.29, 1.82) is 0 Å². The Hall–Kier alpha value is -1.16. The number of nitrogens with zero attached hydrogens (tertiary/aromatic N) is 2. The van der Waals surface area contributed by atoms with Gasteiger partial charge in [-0.15, -0.1) is 0 Å². The first-order valence-electron chi connectivity index (χ1n) is 5.97. The van der Waals surface area contributed by atoms with Gasteiger partial charge in [0.15, 0.2) is 0 Å². The quantitative estimate of drug-likeness (QED) is 0.749. The Bertz CT molecular complexity index is 355. The second-order valence-corrected chi connectivity index (χ2v) is 4.46. The highest BCUT2D eigenvalue weighted by molar-refractivity contribution is 5.78. The summed E-state index contributed by atoms with van der Waals surface area (Å²) in [4.78, 5) is 11.6. The number of rotatable bonds is 7. The van der Waals surface area contributed by atoms with Gasteiger partial charge in [-0.2, -0.15) is 5.10 Å². The van der Waals surface area contributed by atoms with Gasteiger partial charge < -0.3 is 5.32 Å². The van der Waals surface area contributed by atoms with Crippen molar-refractivity contribution in [2.45, 2.75) is 38.1 Å². The van der Waals surface area contributed by atoms with E-state index in [1.54, 1.807) is 6.20 Å². The lowest BCUT2D eigenvalue weighted by molar-refractivity contribution is -0.118. The van der Waals surface area contributed by atoms with Crippen molar-refractivity contribution in [2.75, 3.05) is 6.54 Å². The molecule has 0 bridgehead atoms. The Kier molecular flexibility index (Phi) is 3.72. The molecule has 0 spiro atoms. The summed E-state index contributed by atoms with van der Waals surface area (Å²) in [6.07, 6.45) is 6.43. The first-order valence-corrected chi connectivity index (χ1v) is 5.97. The maximum Gasteiger partial charge on any atom is 0.134 e. The number of ketones is 1. The summed E-state index contributed by atoms with van der Waals surface area (Å²) in [6, 6.07) is 2.67. The maximum atomic E-state index is 11.6. The second-order valence-electron chi connectivity index (χ2n) is 4.46. The van der Waals surface area contributed by atoms with Gasteiger partial charge in [-0.3, -0.25) is 9.48 Å². The molecule has 0 atom stereocenters. The van der Waals surface area contributed by atoms with Crippen LogP contribution >= 0.6 is 0 Å². The fourth-order valence-electron chi connectivity index (χ4n) is 1.74. The standard InChI is InChI=1S/C12H19N3O/c1-15-11(6-9-14-15)4-5-12(16)7-8-13-10-2-3-10/h6,9-10,13H,2-5,7-8H2,1H3. The number of nitrogens with one attached hydrogen (secondary N) is 1. The summed E-state index contributed by atoms with van der Waals surface area (Å²) in [5.74, 6) is 0.342. The third-order valence-electron chi connectivity index (χ3n) is 3.00. The van der Waals surface area contributed by atoms with Crippen LogP contribution in [-0.4, -0.2) is 28.2 Å². The second kappa shape index (κ2) is 5.25. The molecule has 88 valence electrons. The fourth-order valence-corrected chi connectivity index (χ4v) is 1.74. The van der Waals surface area contributed by atoms with Gasteiger partial charge >= 0.3 is 0 Å². The predicted octanol–water partition coefficient (Wildman–Crippen LogP) is 1.06. The van der Waals surface area contributed by atoms with Gasteiger partial charge in [-0.1, -0.05) is 0 Å². The van der Waals surface area contributed by atoms with E-state index >= 15 is 0 Å². The molecule has 4 nitrogen and oxygen atoms in total. The lowest BCUT2D eigenvalue weighted by Crippen LogP contribution is -2.20. The van der Waals surface area contributed by atoms with E-state index in [-0.39, 0.29) is 0 Å². The van der Waals surface area contributed by atoms with Gasteiger partial charge in [0.2, 0.25) is 0 Å². The Morgan fingerprint density at radius 2 is 2.38 bits per heavy atom. The number of aryl methyl sites for hydroxylation is 2. The minimum Gasteiger partial charge on any atom is -0.314 e. The van der Waals surface area contributed by atoms with Crippen molar-refractivity contribution < 1.29 is 4.79 Å². The van der Waals surface area contributed by atoms with Crippen LogP contribution in [0, 0.1) is 0 Å². The van der Waals surface area contributed by atoms with Crippen molar-refractivity contribution in [3.63, 3.8) is 0 Å². The van der Waals surface area contributed by atoms with E-state index in [2.05, 4.69) is 10.4 Å². The normalized spacial score (nSPS) is 15.3. The van der Waals surface area contributed by atoms with E-state index in [0.717, 1.165) is 18.7 Å². The summed E-state index contributed by atoms with van der Waals surface area (Å²) in [5, 5.41) is 7.43. The highest BCUT2D eigenvalue weighted by atomic mass is 16.1. The minimum absolute atomic E-state index is 0.342. The van der Waals surface area contributed by atoms with Crippen molar-refractivity contribution >= 4 is 5.78 Å². The molecule has 1 aromatic rings. The number of carbonyl (C=O) groups excluding carboxylic acids is 1. The molecule has 1 fully saturated rings. The number of hydrogen-bond donors (Lipinski definition) is 1. The van der Waals surface area contributed by atoms with Gasteiger partial charge in [-0.25, -0.2) is 0 Å². The SMILES string of the molecule is Cn1nccc1CCC(=O)CCNC1CC1. The molecule has 0 unspecified atom stereocenters. The van der Waals surface area contributed by atoms with Crippen molar-refractivity contribution in [1.82, 2.24) is 15.1 Å². The molecule has 1 aromatic heterocycles. The average Bonchev–Trinajstić information content (AvgIpc) is 2.99. The van der Waals surface area contributed by atoms with E-state index < -0.39 is 0 Å². The summed E-state index contributed by atoms with van der Waals surface area (Å²) in [7, 11) is 1.91. The molecule has 1 aliphatic carbocycles. The van der Waals surface area contributed by atoms with Gasteiger partial charge in [0.1, 0.15) is 5.78 Å². The number of Topliss-reactive ketones (excluding diaryl/α,β-unsaturated/α-hetero) is 1. The molecule has 1 N–H and O–H groups in total. The molecule has 2 rings (SSSR count). The van der Waals surface area contributed by atoms with Crippen molar-refractivity contribution in [2.24, 2.45) is 7.05 Å². The zero-order valence-electron chi connectivity index (χ0n) is 9.78. The Labute approximate surface area is 96.0 Å². The van der Waals surface area contributed by atoms with Crippen molar-refractivity contribution in [3.8, 4) is 0 Å².